The third kappa shape index (κ3) is 7.04. The minimum Gasteiger partial charge on any atom is -0.337 e. The molecule has 1 heterocycles. The molecule has 0 saturated carbocycles. The van der Waals surface area contributed by atoms with Gasteiger partial charge in [0.1, 0.15) is 0 Å². The van der Waals surface area contributed by atoms with Crippen LogP contribution in [0.1, 0.15) is 40.0 Å². The first-order valence-electron chi connectivity index (χ1n) is 9.98. The van der Waals surface area contributed by atoms with Gasteiger partial charge in [0.15, 0.2) is 0 Å². The third-order valence-corrected chi connectivity index (χ3v) is 3.98. The Labute approximate surface area is 165 Å². The third-order valence-electron chi connectivity index (χ3n) is 3.98. The lowest BCUT2D eigenvalue weighted by Crippen LogP contribution is -2.33. The molecule has 0 spiro atoms. The largest absolute Gasteiger partial charge is 0.337 e. The van der Waals surface area contributed by atoms with E-state index in [1.54, 1.807) is 0 Å². The van der Waals surface area contributed by atoms with Crippen molar-refractivity contribution in [2.75, 3.05) is 54.0 Å². The maximum Gasteiger partial charge on any atom is 0.232 e. The Hall–Kier alpha value is -2.37. The smallest absolute Gasteiger partial charge is 0.232 e. The first-order valence-corrected chi connectivity index (χ1v) is 9.98. The van der Waals surface area contributed by atoms with E-state index in [1.165, 1.54) is 0 Å². The van der Waals surface area contributed by atoms with Gasteiger partial charge in [-0.05, 0) is 19.3 Å². The summed E-state index contributed by atoms with van der Waals surface area (Å²) < 4.78 is 0. The van der Waals surface area contributed by atoms with Gasteiger partial charge in [0.2, 0.25) is 17.8 Å². The van der Waals surface area contributed by atoms with Crippen molar-refractivity contribution in [3.05, 3.63) is 38.0 Å². The van der Waals surface area contributed by atoms with Crippen molar-refractivity contribution >= 4 is 17.8 Å². The summed E-state index contributed by atoms with van der Waals surface area (Å²) in [7, 11) is 0. The minimum absolute atomic E-state index is 0.701. The normalized spacial score (nSPS) is 10.3. The molecule has 1 aromatic rings. The van der Waals surface area contributed by atoms with E-state index in [4.69, 9.17) is 15.0 Å². The van der Waals surface area contributed by atoms with Crippen molar-refractivity contribution in [1.82, 2.24) is 15.0 Å². The SMILES string of the molecule is C=CCN(CCC)c1nc(N(CC=C)CCC)nc(N(CC=C)CCC)n1. The number of rotatable bonds is 15. The number of anilines is 3. The van der Waals surface area contributed by atoms with Gasteiger partial charge in [-0.3, -0.25) is 0 Å². The Morgan fingerprint density at radius 1 is 0.593 bits per heavy atom. The molecule has 0 N–H and O–H groups in total. The highest BCUT2D eigenvalue weighted by Crippen LogP contribution is 2.20. The molecule has 0 radical (unpaired) electrons. The first-order chi connectivity index (χ1) is 13.1. The summed E-state index contributed by atoms with van der Waals surface area (Å²) in [5.41, 5.74) is 0. The molecule has 0 amide bonds. The first kappa shape index (κ1) is 22.7. The summed E-state index contributed by atoms with van der Waals surface area (Å²) in [5, 5.41) is 0. The molecule has 0 atom stereocenters. The van der Waals surface area contributed by atoms with E-state index in [-0.39, 0.29) is 0 Å². The molecule has 0 aliphatic heterocycles. The summed E-state index contributed by atoms with van der Waals surface area (Å²) in [6.07, 6.45) is 8.71. The topological polar surface area (TPSA) is 48.4 Å². The summed E-state index contributed by atoms with van der Waals surface area (Å²) in [5.74, 6) is 2.10. The summed E-state index contributed by atoms with van der Waals surface area (Å²) in [6, 6.07) is 0. The van der Waals surface area contributed by atoms with Crippen LogP contribution in [0.25, 0.3) is 0 Å². The number of aromatic nitrogens is 3. The second-order valence-electron chi connectivity index (χ2n) is 6.44. The van der Waals surface area contributed by atoms with Crippen LogP contribution in [-0.2, 0) is 0 Å². The van der Waals surface area contributed by atoms with Gasteiger partial charge in [0.25, 0.3) is 0 Å². The van der Waals surface area contributed by atoms with E-state index in [0.717, 1.165) is 38.9 Å². The predicted molar refractivity (Wildman–Crippen MR) is 118 cm³/mol. The molecule has 150 valence electrons. The fourth-order valence-electron chi connectivity index (χ4n) is 2.86. The summed E-state index contributed by atoms with van der Waals surface area (Å²) >= 11 is 0. The van der Waals surface area contributed by atoms with E-state index in [1.807, 2.05) is 18.2 Å². The average Bonchev–Trinajstić information content (AvgIpc) is 2.67. The van der Waals surface area contributed by atoms with Crippen LogP contribution in [0.2, 0.25) is 0 Å². The number of hydrogen-bond donors (Lipinski definition) is 0. The van der Waals surface area contributed by atoms with Crippen LogP contribution in [0.5, 0.6) is 0 Å². The molecule has 1 aromatic heterocycles. The Morgan fingerprint density at radius 2 is 0.852 bits per heavy atom. The minimum atomic E-state index is 0.701. The fraction of sp³-hybridized carbons (Fsp3) is 0.571. The van der Waals surface area contributed by atoms with E-state index >= 15 is 0 Å². The van der Waals surface area contributed by atoms with E-state index < -0.39 is 0 Å². The van der Waals surface area contributed by atoms with E-state index in [0.29, 0.717) is 37.5 Å². The lowest BCUT2D eigenvalue weighted by atomic mass is 10.4. The predicted octanol–water partition coefficient (Wildman–Crippen LogP) is 4.08. The Balaban J connectivity index is 3.44. The summed E-state index contributed by atoms with van der Waals surface area (Å²) in [6.45, 7) is 22.9. The van der Waals surface area contributed by atoms with Gasteiger partial charge in [-0.1, -0.05) is 39.0 Å². The van der Waals surface area contributed by atoms with Crippen molar-refractivity contribution in [2.45, 2.75) is 40.0 Å². The number of nitrogens with zero attached hydrogens (tertiary/aromatic N) is 6. The Morgan fingerprint density at radius 3 is 1.04 bits per heavy atom. The lowest BCUT2D eigenvalue weighted by Gasteiger charge is -2.27. The zero-order chi connectivity index (χ0) is 20.1. The molecule has 1 rings (SSSR count). The van der Waals surface area contributed by atoms with Crippen LogP contribution in [-0.4, -0.2) is 54.2 Å². The molecule has 0 fully saturated rings. The van der Waals surface area contributed by atoms with Gasteiger partial charge in [0.05, 0.1) is 0 Å². The maximum atomic E-state index is 4.79. The fourth-order valence-corrected chi connectivity index (χ4v) is 2.86. The van der Waals surface area contributed by atoms with Crippen molar-refractivity contribution in [3.8, 4) is 0 Å². The van der Waals surface area contributed by atoms with E-state index in [2.05, 4.69) is 55.2 Å². The zero-order valence-corrected chi connectivity index (χ0v) is 17.4. The van der Waals surface area contributed by atoms with Crippen molar-refractivity contribution < 1.29 is 0 Å². The second kappa shape index (κ2) is 12.9. The molecule has 0 unspecified atom stereocenters. The molecule has 6 heteroatoms. The standard InChI is InChI=1S/C21H36N6/c1-7-13-25(14-8-2)19-22-20(26(15-9-3)16-10-4)24-21(23-19)27(17-11-5)18-12-6/h7,9,11H,1,3,5,8,10,12-18H2,2,4,6H3. The van der Waals surface area contributed by atoms with Gasteiger partial charge < -0.3 is 14.7 Å². The highest BCUT2D eigenvalue weighted by molar-refractivity contribution is 5.47. The molecule has 6 nitrogen and oxygen atoms in total. The number of hydrogen-bond acceptors (Lipinski definition) is 6. The van der Waals surface area contributed by atoms with Crippen LogP contribution in [0.15, 0.2) is 38.0 Å². The van der Waals surface area contributed by atoms with Crippen LogP contribution < -0.4 is 14.7 Å². The van der Waals surface area contributed by atoms with Gasteiger partial charge in [0, 0.05) is 39.3 Å². The Bertz CT molecular complexity index is 493. The average molecular weight is 373 g/mol. The van der Waals surface area contributed by atoms with E-state index in [9.17, 15) is 0 Å². The van der Waals surface area contributed by atoms with Crippen molar-refractivity contribution in [1.29, 1.82) is 0 Å². The van der Waals surface area contributed by atoms with Gasteiger partial charge in [-0.25, -0.2) is 0 Å². The van der Waals surface area contributed by atoms with Crippen LogP contribution in [0, 0.1) is 0 Å². The highest BCUT2D eigenvalue weighted by Gasteiger charge is 2.18. The Kier molecular flexibility index (Phi) is 10.8. The lowest BCUT2D eigenvalue weighted by molar-refractivity contribution is 0.728. The molecule has 27 heavy (non-hydrogen) atoms. The van der Waals surface area contributed by atoms with Crippen LogP contribution in [0.4, 0.5) is 17.8 Å². The molecule has 0 aliphatic rings. The van der Waals surface area contributed by atoms with Gasteiger partial charge >= 0.3 is 0 Å². The van der Waals surface area contributed by atoms with Gasteiger partial charge in [-0.2, -0.15) is 15.0 Å². The maximum absolute atomic E-state index is 4.79. The second-order valence-corrected chi connectivity index (χ2v) is 6.44. The highest BCUT2D eigenvalue weighted by atomic mass is 15.4. The summed E-state index contributed by atoms with van der Waals surface area (Å²) in [4.78, 5) is 20.8. The van der Waals surface area contributed by atoms with Crippen molar-refractivity contribution in [2.24, 2.45) is 0 Å². The monoisotopic (exact) mass is 372 g/mol. The molecule has 0 saturated heterocycles. The molecule has 0 aliphatic carbocycles. The van der Waals surface area contributed by atoms with Crippen LogP contribution >= 0.6 is 0 Å². The van der Waals surface area contributed by atoms with Crippen LogP contribution in [0.3, 0.4) is 0 Å². The molecule has 0 bridgehead atoms. The van der Waals surface area contributed by atoms with Crippen molar-refractivity contribution in [3.63, 3.8) is 0 Å². The van der Waals surface area contributed by atoms with Gasteiger partial charge in [-0.15, -0.1) is 19.7 Å². The quantitative estimate of drug-likeness (QED) is 0.432. The molecular formula is C21H36N6. The molecular weight excluding hydrogens is 336 g/mol. The molecule has 0 aromatic carbocycles. The zero-order valence-electron chi connectivity index (χ0n) is 17.4.